The van der Waals surface area contributed by atoms with Gasteiger partial charge in [0.2, 0.25) is 0 Å². The predicted octanol–water partition coefficient (Wildman–Crippen LogP) is 3.43. The zero-order valence-electron chi connectivity index (χ0n) is 14.9. The van der Waals surface area contributed by atoms with Gasteiger partial charge in [-0.25, -0.2) is 4.68 Å². The lowest BCUT2D eigenvalue weighted by molar-refractivity contribution is 0.0724. The van der Waals surface area contributed by atoms with Crippen molar-refractivity contribution in [3.05, 3.63) is 66.1 Å². The van der Waals surface area contributed by atoms with Crippen LogP contribution in [-0.4, -0.2) is 38.7 Å². The Kier molecular flexibility index (Phi) is 4.67. The third-order valence-corrected chi connectivity index (χ3v) is 4.79. The van der Waals surface area contributed by atoms with Gasteiger partial charge in [-0.05, 0) is 55.7 Å². The highest BCUT2D eigenvalue weighted by Gasteiger charge is 2.18. The Morgan fingerprint density at radius 3 is 2.44 bits per heavy atom. The summed E-state index contributed by atoms with van der Waals surface area (Å²) in [6.07, 6.45) is 8.62. The average molecular weight is 357 g/mol. The minimum Gasteiger partial charge on any atom is -0.339 e. The minimum atomic E-state index is 0.0574. The number of rotatable bonds is 3. The summed E-state index contributed by atoms with van der Waals surface area (Å²) in [5.41, 5.74) is 3.75. The molecule has 6 nitrogen and oxygen atoms in total. The van der Waals surface area contributed by atoms with Crippen LogP contribution in [0.5, 0.6) is 0 Å². The number of hydrogen-bond acceptors (Lipinski definition) is 4. The predicted molar refractivity (Wildman–Crippen MR) is 101 cm³/mol. The molecule has 1 aliphatic heterocycles. The van der Waals surface area contributed by atoms with Gasteiger partial charge in [0.05, 0.1) is 34.8 Å². The van der Waals surface area contributed by atoms with Gasteiger partial charge in [-0.1, -0.05) is 0 Å². The standard InChI is InChI=1S/C21H19N5O/c22-12-16-4-7-19(8-5-16)26-15-18(14-24-26)20-9-6-17(13-23-20)21(27)25-10-2-1-3-11-25/h4-9,13-15H,1-3,10-11H2. The fraction of sp³-hybridized carbons (Fsp3) is 0.238. The zero-order valence-corrected chi connectivity index (χ0v) is 14.9. The number of carbonyl (C=O) groups excluding carboxylic acids is 1. The molecule has 134 valence electrons. The van der Waals surface area contributed by atoms with Crippen LogP contribution in [0.4, 0.5) is 0 Å². The molecule has 6 heteroatoms. The highest BCUT2D eigenvalue weighted by Crippen LogP contribution is 2.20. The van der Waals surface area contributed by atoms with Crippen molar-refractivity contribution in [2.75, 3.05) is 13.1 Å². The molecule has 1 amide bonds. The van der Waals surface area contributed by atoms with Crippen LogP contribution in [0.25, 0.3) is 16.9 Å². The molecule has 3 aromatic rings. The van der Waals surface area contributed by atoms with Gasteiger partial charge in [0.15, 0.2) is 0 Å². The smallest absolute Gasteiger partial charge is 0.255 e. The molecule has 1 aromatic carbocycles. The number of carbonyl (C=O) groups is 1. The van der Waals surface area contributed by atoms with E-state index in [-0.39, 0.29) is 5.91 Å². The Morgan fingerprint density at radius 2 is 1.78 bits per heavy atom. The molecule has 0 N–H and O–H groups in total. The van der Waals surface area contributed by atoms with E-state index in [1.807, 2.05) is 35.4 Å². The van der Waals surface area contributed by atoms with E-state index in [4.69, 9.17) is 5.26 Å². The molecule has 3 heterocycles. The highest BCUT2D eigenvalue weighted by atomic mass is 16.2. The fourth-order valence-corrected chi connectivity index (χ4v) is 3.26. The van der Waals surface area contributed by atoms with Gasteiger partial charge in [-0.2, -0.15) is 10.4 Å². The van der Waals surface area contributed by atoms with E-state index in [2.05, 4.69) is 16.2 Å². The van der Waals surface area contributed by atoms with Crippen LogP contribution in [0.3, 0.4) is 0 Å². The molecule has 1 aliphatic rings. The molecule has 4 rings (SSSR count). The maximum absolute atomic E-state index is 12.5. The number of likely N-dealkylation sites (tertiary alicyclic amines) is 1. The van der Waals surface area contributed by atoms with Crippen LogP contribution >= 0.6 is 0 Å². The molecule has 27 heavy (non-hydrogen) atoms. The Bertz CT molecular complexity index is 977. The minimum absolute atomic E-state index is 0.0574. The first-order valence-corrected chi connectivity index (χ1v) is 9.05. The lowest BCUT2D eigenvalue weighted by Gasteiger charge is -2.26. The first-order chi connectivity index (χ1) is 13.2. The van der Waals surface area contributed by atoms with Crippen LogP contribution < -0.4 is 0 Å². The van der Waals surface area contributed by atoms with Crippen molar-refractivity contribution in [3.63, 3.8) is 0 Å². The van der Waals surface area contributed by atoms with Gasteiger partial charge in [-0.3, -0.25) is 9.78 Å². The van der Waals surface area contributed by atoms with Gasteiger partial charge in [0.1, 0.15) is 0 Å². The van der Waals surface area contributed by atoms with Crippen LogP contribution in [0.15, 0.2) is 55.0 Å². The van der Waals surface area contributed by atoms with Crippen molar-refractivity contribution in [1.82, 2.24) is 19.7 Å². The first-order valence-electron chi connectivity index (χ1n) is 9.05. The molecule has 0 bridgehead atoms. The van der Waals surface area contributed by atoms with Crippen molar-refractivity contribution in [1.29, 1.82) is 5.26 Å². The third-order valence-electron chi connectivity index (χ3n) is 4.79. The summed E-state index contributed by atoms with van der Waals surface area (Å²) < 4.78 is 1.74. The van der Waals surface area contributed by atoms with Gasteiger partial charge >= 0.3 is 0 Å². The molecule has 1 fully saturated rings. The van der Waals surface area contributed by atoms with Crippen LogP contribution in [0.2, 0.25) is 0 Å². The SMILES string of the molecule is N#Cc1ccc(-n2cc(-c3ccc(C(=O)N4CCCCC4)cn3)cn2)cc1. The molecule has 0 atom stereocenters. The average Bonchev–Trinajstić information content (AvgIpc) is 3.24. The van der Waals surface area contributed by atoms with Crippen molar-refractivity contribution in [2.45, 2.75) is 19.3 Å². The second kappa shape index (κ2) is 7.42. The summed E-state index contributed by atoms with van der Waals surface area (Å²) in [6.45, 7) is 1.66. The van der Waals surface area contributed by atoms with Gasteiger partial charge in [0.25, 0.3) is 5.91 Å². The van der Waals surface area contributed by atoms with E-state index in [9.17, 15) is 4.79 Å². The number of nitriles is 1. The number of benzene rings is 1. The molecule has 0 saturated carbocycles. The third kappa shape index (κ3) is 3.58. The van der Waals surface area contributed by atoms with Crippen molar-refractivity contribution in [2.24, 2.45) is 0 Å². The molecule has 0 unspecified atom stereocenters. The summed E-state index contributed by atoms with van der Waals surface area (Å²) in [5.74, 6) is 0.0574. The quantitative estimate of drug-likeness (QED) is 0.720. The first kappa shape index (κ1) is 17.0. The van der Waals surface area contributed by atoms with E-state index < -0.39 is 0 Å². The van der Waals surface area contributed by atoms with Crippen LogP contribution in [-0.2, 0) is 0 Å². The number of hydrogen-bond donors (Lipinski definition) is 0. The molecule has 0 spiro atoms. The summed E-state index contributed by atoms with van der Waals surface area (Å²) in [4.78, 5) is 18.9. The van der Waals surface area contributed by atoms with Crippen LogP contribution in [0.1, 0.15) is 35.2 Å². The Hall–Kier alpha value is -3.46. The molecular formula is C21H19N5O. The Labute approximate surface area is 157 Å². The summed E-state index contributed by atoms with van der Waals surface area (Å²) in [5, 5.41) is 13.3. The number of aromatic nitrogens is 3. The fourth-order valence-electron chi connectivity index (χ4n) is 3.26. The number of amides is 1. The van der Waals surface area contributed by atoms with Crippen LogP contribution in [0, 0.1) is 11.3 Å². The van der Waals surface area contributed by atoms with Crippen molar-refractivity contribution >= 4 is 5.91 Å². The van der Waals surface area contributed by atoms with E-state index in [1.165, 1.54) is 6.42 Å². The second-order valence-corrected chi connectivity index (χ2v) is 6.62. The van der Waals surface area contributed by atoms with E-state index in [1.54, 1.807) is 29.2 Å². The van der Waals surface area contributed by atoms with E-state index >= 15 is 0 Å². The van der Waals surface area contributed by atoms with Gasteiger partial charge in [-0.15, -0.1) is 0 Å². The summed E-state index contributed by atoms with van der Waals surface area (Å²) >= 11 is 0. The van der Waals surface area contributed by atoms with Gasteiger partial charge < -0.3 is 4.90 Å². The lowest BCUT2D eigenvalue weighted by atomic mass is 10.1. The molecule has 1 saturated heterocycles. The van der Waals surface area contributed by atoms with Crippen molar-refractivity contribution in [3.8, 4) is 23.0 Å². The highest BCUT2D eigenvalue weighted by molar-refractivity contribution is 5.94. The maximum Gasteiger partial charge on any atom is 0.255 e. The molecule has 0 aliphatic carbocycles. The topological polar surface area (TPSA) is 74.8 Å². The largest absolute Gasteiger partial charge is 0.339 e. The van der Waals surface area contributed by atoms with E-state index in [0.29, 0.717) is 11.1 Å². The number of nitrogens with zero attached hydrogens (tertiary/aromatic N) is 5. The Morgan fingerprint density at radius 1 is 1.00 bits per heavy atom. The monoisotopic (exact) mass is 357 g/mol. The van der Waals surface area contributed by atoms with Gasteiger partial charge in [0, 0.05) is 31.0 Å². The van der Waals surface area contributed by atoms with Crippen molar-refractivity contribution < 1.29 is 4.79 Å². The lowest BCUT2D eigenvalue weighted by Crippen LogP contribution is -2.35. The normalized spacial score (nSPS) is 14.0. The maximum atomic E-state index is 12.5. The Balaban J connectivity index is 1.51. The molecular weight excluding hydrogens is 338 g/mol. The number of pyridine rings is 1. The molecule has 2 aromatic heterocycles. The molecule has 0 radical (unpaired) electrons. The number of piperidine rings is 1. The second-order valence-electron chi connectivity index (χ2n) is 6.62. The summed E-state index contributed by atoms with van der Waals surface area (Å²) in [6, 6.07) is 13.0. The zero-order chi connectivity index (χ0) is 18.6. The van der Waals surface area contributed by atoms with E-state index in [0.717, 1.165) is 42.9 Å². The summed E-state index contributed by atoms with van der Waals surface area (Å²) in [7, 11) is 0.